The third kappa shape index (κ3) is 4.91. The van der Waals surface area contributed by atoms with Gasteiger partial charge < -0.3 is 22.0 Å². The maximum Gasteiger partial charge on any atom is 0.142 e. The van der Waals surface area contributed by atoms with Crippen LogP contribution in [0.2, 0.25) is 0 Å². The average Bonchev–Trinajstić information content (AvgIpc) is 2.89. The van der Waals surface area contributed by atoms with E-state index in [0.717, 1.165) is 36.2 Å². The van der Waals surface area contributed by atoms with Gasteiger partial charge in [-0.25, -0.2) is 0 Å². The topological polar surface area (TPSA) is 20.2 Å². The van der Waals surface area contributed by atoms with Crippen LogP contribution in [0.1, 0.15) is 18.4 Å². The maximum atomic E-state index is 8.74. The highest BCUT2D eigenvalue weighted by Crippen LogP contribution is 2.18. The summed E-state index contributed by atoms with van der Waals surface area (Å²) < 4.78 is 0.965. The zero-order valence-corrected chi connectivity index (χ0v) is 12.4. The molecule has 0 aliphatic carbocycles. The first kappa shape index (κ1) is 16.6. The molecule has 0 unspecified atom stereocenters. The zero-order valence-electron chi connectivity index (χ0n) is 11.6. The molecule has 2 rings (SSSR count). The second kappa shape index (κ2) is 8.67. The van der Waals surface area contributed by atoms with Gasteiger partial charge in [-0.05, 0) is 24.0 Å². The standard InChI is InChI=1S/C17H20NO.ClH/c19-16-7-6-14-18(12-4-5-13-18)15-8-11-17-9-2-1-3-10-17;/h1-3,9-10,19H,4-5,12-16H2;1H/q+1;/p-1. The first-order valence-corrected chi connectivity index (χ1v) is 6.80. The molecular weight excluding hydrogens is 270 g/mol. The Hall–Kier alpha value is -1.45. The van der Waals surface area contributed by atoms with Crippen LogP contribution in [0.15, 0.2) is 30.3 Å². The number of halogens is 1. The Bertz CT molecular complexity index is 513. The summed E-state index contributed by atoms with van der Waals surface area (Å²) in [4.78, 5) is 0. The number of hydrogen-bond donors (Lipinski definition) is 1. The summed E-state index contributed by atoms with van der Waals surface area (Å²) >= 11 is 0. The molecule has 1 saturated heterocycles. The second-order valence-electron chi connectivity index (χ2n) is 4.99. The van der Waals surface area contributed by atoms with Gasteiger partial charge in [0.15, 0.2) is 0 Å². The number of quaternary nitrogens is 1. The molecule has 0 amide bonds. The smallest absolute Gasteiger partial charge is 0.142 e. The minimum atomic E-state index is -0.0459. The molecular formula is C17H20ClNO. The highest BCUT2D eigenvalue weighted by Gasteiger charge is 2.29. The van der Waals surface area contributed by atoms with E-state index in [4.69, 9.17) is 5.11 Å². The molecule has 0 radical (unpaired) electrons. The Kier molecular flexibility index (Phi) is 7.20. The summed E-state index contributed by atoms with van der Waals surface area (Å²) in [7, 11) is 0. The average molecular weight is 290 g/mol. The summed E-state index contributed by atoms with van der Waals surface area (Å²) in [6.07, 6.45) is 2.52. The highest BCUT2D eigenvalue weighted by molar-refractivity contribution is 5.33. The molecule has 1 aromatic rings. The maximum absolute atomic E-state index is 8.74. The molecule has 1 N–H and O–H groups in total. The number of benzene rings is 1. The number of nitrogens with zero attached hydrogens (tertiary/aromatic N) is 1. The Morgan fingerprint density at radius 3 is 2.25 bits per heavy atom. The van der Waals surface area contributed by atoms with Gasteiger partial charge >= 0.3 is 0 Å². The molecule has 1 aliphatic heterocycles. The van der Waals surface area contributed by atoms with Crippen LogP contribution in [-0.2, 0) is 0 Å². The van der Waals surface area contributed by atoms with Crippen molar-refractivity contribution < 1.29 is 22.0 Å². The Balaban J connectivity index is 0.00000200. The SMILES string of the molecule is OCC#CC[N+]1(CC#Cc2ccccc2)CCCC1.[Cl-]. The van der Waals surface area contributed by atoms with Crippen molar-refractivity contribution in [2.24, 2.45) is 0 Å². The molecule has 3 heteroatoms. The van der Waals surface area contributed by atoms with Gasteiger partial charge in [-0.15, -0.1) is 0 Å². The number of aliphatic hydroxyl groups is 1. The lowest BCUT2D eigenvalue weighted by Gasteiger charge is -2.29. The first-order valence-electron chi connectivity index (χ1n) is 6.80. The van der Waals surface area contributed by atoms with Gasteiger partial charge in [-0.2, -0.15) is 0 Å². The minimum Gasteiger partial charge on any atom is -1.00 e. The van der Waals surface area contributed by atoms with E-state index < -0.39 is 0 Å². The Morgan fingerprint density at radius 1 is 0.950 bits per heavy atom. The van der Waals surface area contributed by atoms with Gasteiger partial charge in [0, 0.05) is 18.4 Å². The van der Waals surface area contributed by atoms with Crippen molar-refractivity contribution in [1.29, 1.82) is 0 Å². The molecule has 1 fully saturated rings. The van der Waals surface area contributed by atoms with E-state index in [-0.39, 0.29) is 19.0 Å². The molecule has 1 aliphatic rings. The molecule has 2 nitrogen and oxygen atoms in total. The predicted octanol–water partition coefficient (Wildman–Crippen LogP) is -1.35. The fourth-order valence-electron chi connectivity index (χ4n) is 2.49. The molecule has 0 bridgehead atoms. The van der Waals surface area contributed by atoms with E-state index in [1.807, 2.05) is 30.3 Å². The minimum absolute atomic E-state index is 0. The van der Waals surface area contributed by atoms with Gasteiger partial charge in [-0.1, -0.05) is 30.0 Å². The first-order chi connectivity index (χ1) is 9.35. The largest absolute Gasteiger partial charge is 1.00 e. The number of rotatable bonds is 2. The summed E-state index contributed by atoms with van der Waals surface area (Å²) in [6, 6.07) is 10.1. The molecule has 0 saturated carbocycles. The lowest BCUT2D eigenvalue weighted by Crippen LogP contribution is -3.00. The fraction of sp³-hybridized carbons (Fsp3) is 0.412. The molecule has 0 spiro atoms. The van der Waals surface area contributed by atoms with Crippen molar-refractivity contribution >= 4 is 0 Å². The van der Waals surface area contributed by atoms with E-state index in [9.17, 15) is 0 Å². The summed E-state index contributed by atoms with van der Waals surface area (Å²) in [5.41, 5.74) is 1.07. The predicted molar refractivity (Wildman–Crippen MR) is 77.1 cm³/mol. The van der Waals surface area contributed by atoms with Crippen molar-refractivity contribution in [1.82, 2.24) is 0 Å². The van der Waals surface area contributed by atoms with Crippen LogP contribution in [0.25, 0.3) is 0 Å². The van der Waals surface area contributed by atoms with Crippen LogP contribution in [0.3, 0.4) is 0 Å². The van der Waals surface area contributed by atoms with Crippen molar-refractivity contribution in [2.45, 2.75) is 12.8 Å². The van der Waals surface area contributed by atoms with E-state index in [1.54, 1.807) is 0 Å². The van der Waals surface area contributed by atoms with E-state index in [2.05, 4.69) is 23.7 Å². The molecule has 0 aromatic heterocycles. The van der Waals surface area contributed by atoms with Gasteiger partial charge in [-0.3, -0.25) is 0 Å². The van der Waals surface area contributed by atoms with E-state index >= 15 is 0 Å². The quantitative estimate of drug-likeness (QED) is 0.527. The van der Waals surface area contributed by atoms with Crippen LogP contribution < -0.4 is 12.4 Å². The van der Waals surface area contributed by atoms with Crippen LogP contribution in [0.5, 0.6) is 0 Å². The number of hydrogen-bond acceptors (Lipinski definition) is 1. The van der Waals surface area contributed by atoms with Crippen molar-refractivity contribution in [2.75, 3.05) is 32.8 Å². The number of aliphatic hydroxyl groups excluding tert-OH is 1. The lowest BCUT2D eigenvalue weighted by atomic mass is 10.2. The molecule has 1 aromatic carbocycles. The summed E-state index contributed by atoms with van der Waals surface area (Å²) in [6.45, 7) is 3.93. The highest BCUT2D eigenvalue weighted by atomic mass is 35.5. The van der Waals surface area contributed by atoms with Crippen LogP contribution in [0.4, 0.5) is 0 Å². The van der Waals surface area contributed by atoms with Crippen molar-refractivity contribution in [3.63, 3.8) is 0 Å². The van der Waals surface area contributed by atoms with Crippen molar-refractivity contribution in [3.05, 3.63) is 35.9 Å². The van der Waals surface area contributed by atoms with Gasteiger partial charge in [0.05, 0.1) is 13.1 Å². The third-order valence-electron chi connectivity index (χ3n) is 3.55. The normalized spacial score (nSPS) is 15.2. The van der Waals surface area contributed by atoms with Gasteiger partial charge in [0.25, 0.3) is 0 Å². The number of likely N-dealkylation sites (tertiary alicyclic amines) is 1. The Morgan fingerprint density at radius 2 is 1.60 bits per heavy atom. The van der Waals surface area contributed by atoms with Crippen LogP contribution in [0, 0.1) is 23.7 Å². The summed E-state index contributed by atoms with van der Waals surface area (Å²) in [5.74, 6) is 12.3. The van der Waals surface area contributed by atoms with Gasteiger partial charge in [0.2, 0.25) is 0 Å². The van der Waals surface area contributed by atoms with Crippen molar-refractivity contribution in [3.8, 4) is 23.7 Å². The molecule has 0 atom stereocenters. The monoisotopic (exact) mass is 289 g/mol. The fourth-order valence-corrected chi connectivity index (χ4v) is 2.49. The molecule has 106 valence electrons. The third-order valence-corrected chi connectivity index (χ3v) is 3.55. The molecule has 20 heavy (non-hydrogen) atoms. The second-order valence-corrected chi connectivity index (χ2v) is 4.99. The molecule has 1 heterocycles. The van der Waals surface area contributed by atoms with E-state index in [0.29, 0.717) is 0 Å². The van der Waals surface area contributed by atoms with E-state index in [1.165, 1.54) is 12.8 Å². The Labute approximate surface area is 127 Å². The van der Waals surface area contributed by atoms with Gasteiger partial charge in [0.1, 0.15) is 19.7 Å². The van der Waals surface area contributed by atoms with Crippen LogP contribution >= 0.6 is 0 Å². The van der Waals surface area contributed by atoms with Crippen LogP contribution in [-0.4, -0.2) is 42.4 Å². The lowest BCUT2D eigenvalue weighted by molar-refractivity contribution is -0.903. The summed E-state index contributed by atoms with van der Waals surface area (Å²) in [5, 5.41) is 8.74. The zero-order chi connectivity index (χ0) is 13.4.